The van der Waals surface area contributed by atoms with Gasteiger partial charge in [-0.25, -0.2) is 0 Å². The Hall–Kier alpha value is -0.810. The van der Waals surface area contributed by atoms with E-state index in [0.717, 1.165) is 6.42 Å². The number of nitrogens with zero attached hydrogens (tertiary/aromatic N) is 1. The van der Waals surface area contributed by atoms with Crippen LogP contribution >= 0.6 is 0 Å². The van der Waals surface area contributed by atoms with Gasteiger partial charge in [-0.1, -0.05) is 70.4 Å². The van der Waals surface area contributed by atoms with Gasteiger partial charge in [0, 0.05) is 0 Å². The Morgan fingerprint density at radius 3 is 2.16 bits per heavy atom. The average Bonchev–Trinajstić information content (AvgIpc) is 2.43. The lowest BCUT2D eigenvalue weighted by Gasteiger charge is -2.00. The molecule has 0 aliphatic heterocycles. The fourth-order valence-corrected chi connectivity index (χ4v) is 2.03. The molecule has 110 valence electrons. The van der Waals surface area contributed by atoms with Crippen molar-refractivity contribution < 1.29 is 4.74 Å². The molecule has 0 aromatic carbocycles. The van der Waals surface area contributed by atoms with Gasteiger partial charge in [-0.2, -0.15) is 5.26 Å². The van der Waals surface area contributed by atoms with Gasteiger partial charge in [0.25, 0.3) is 0 Å². The van der Waals surface area contributed by atoms with Crippen molar-refractivity contribution in [1.82, 2.24) is 0 Å². The molecule has 0 spiro atoms. The first-order valence-electron chi connectivity index (χ1n) is 8.01. The number of rotatable bonds is 14. The minimum atomic E-state index is 0.492. The van der Waals surface area contributed by atoms with Gasteiger partial charge in [0.1, 0.15) is 0 Å². The monoisotopic (exact) mass is 265 g/mol. The second kappa shape index (κ2) is 17.2. The van der Waals surface area contributed by atoms with Gasteiger partial charge in [0.15, 0.2) is 0 Å². The van der Waals surface area contributed by atoms with Crippen LogP contribution in [0.3, 0.4) is 0 Å². The van der Waals surface area contributed by atoms with Gasteiger partial charge in [0.05, 0.1) is 25.7 Å². The molecule has 0 fully saturated rings. The molecule has 0 rings (SSSR count). The maximum absolute atomic E-state index is 8.32. The smallest absolute Gasteiger partial charge is 0.0647 e. The minimum absolute atomic E-state index is 0.492. The largest absolute Gasteiger partial charge is 0.376 e. The number of unbranched alkanes of at least 4 members (excludes halogenated alkanes) is 9. The van der Waals surface area contributed by atoms with Crippen LogP contribution in [0.1, 0.15) is 77.6 Å². The molecule has 0 N–H and O–H groups in total. The van der Waals surface area contributed by atoms with Gasteiger partial charge < -0.3 is 4.74 Å². The zero-order valence-electron chi connectivity index (χ0n) is 12.7. The summed E-state index contributed by atoms with van der Waals surface area (Å²) in [7, 11) is 0. The lowest BCUT2D eigenvalue weighted by atomic mass is 10.1. The SMILES string of the molecule is CCCCCCCCCCC/C=C/COCCC#N. The summed E-state index contributed by atoms with van der Waals surface area (Å²) in [5, 5.41) is 8.32. The normalized spacial score (nSPS) is 10.9. The van der Waals surface area contributed by atoms with Crippen LogP contribution in [0.25, 0.3) is 0 Å². The van der Waals surface area contributed by atoms with Gasteiger partial charge >= 0.3 is 0 Å². The number of nitriles is 1. The van der Waals surface area contributed by atoms with Gasteiger partial charge in [-0.3, -0.25) is 0 Å². The third-order valence-electron chi connectivity index (χ3n) is 3.21. The Kier molecular flexibility index (Phi) is 16.5. The van der Waals surface area contributed by atoms with E-state index in [2.05, 4.69) is 25.1 Å². The molecular weight excluding hydrogens is 234 g/mol. The molecule has 0 saturated carbocycles. The minimum Gasteiger partial charge on any atom is -0.376 e. The van der Waals surface area contributed by atoms with E-state index >= 15 is 0 Å². The highest BCUT2D eigenvalue weighted by Crippen LogP contribution is 2.10. The first kappa shape index (κ1) is 18.2. The maximum atomic E-state index is 8.32. The average molecular weight is 265 g/mol. The second-order valence-corrected chi connectivity index (χ2v) is 5.07. The Bertz CT molecular complexity index is 230. The summed E-state index contributed by atoms with van der Waals surface area (Å²) in [5.41, 5.74) is 0. The molecule has 0 aliphatic carbocycles. The van der Waals surface area contributed by atoms with Crippen LogP contribution in [0.4, 0.5) is 0 Å². The molecule has 0 aromatic heterocycles. The molecule has 2 heteroatoms. The zero-order valence-corrected chi connectivity index (χ0v) is 12.7. The third-order valence-corrected chi connectivity index (χ3v) is 3.21. The van der Waals surface area contributed by atoms with E-state index in [0.29, 0.717) is 19.6 Å². The Morgan fingerprint density at radius 2 is 1.53 bits per heavy atom. The lowest BCUT2D eigenvalue weighted by molar-refractivity contribution is 0.168. The van der Waals surface area contributed by atoms with Gasteiger partial charge in [-0.05, 0) is 12.8 Å². The fourth-order valence-electron chi connectivity index (χ4n) is 2.03. The van der Waals surface area contributed by atoms with Gasteiger partial charge in [-0.15, -0.1) is 0 Å². The summed E-state index contributed by atoms with van der Waals surface area (Å²) in [5.74, 6) is 0. The van der Waals surface area contributed by atoms with E-state index < -0.39 is 0 Å². The molecule has 0 heterocycles. The summed E-state index contributed by atoms with van der Waals surface area (Å²) in [6.07, 6.45) is 18.4. The Morgan fingerprint density at radius 1 is 0.895 bits per heavy atom. The predicted molar refractivity (Wildman–Crippen MR) is 82.0 cm³/mol. The van der Waals surface area contributed by atoms with Crippen LogP contribution in [0.5, 0.6) is 0 Å². The Balaban J connectivity index is 3.02. The van der Waals surface area contributed by atoms with Crippen molar-refractivity contribution in [2.75, 3.05) is 13.2 Å². The molecule has 0 atom stereocenters. The van der Waals surface area contributed by atoms with Crippen LogP contribution in [0.2, 0.25) is 0 Å². The summed E-state index contributed by atoms with van der Waals surface area (Å²) < 4.78 is 5.26. The van der Waals surface area contributed by atoms with Crippen molar-refractivity contribution in [2.45, 2.75) is 77.6 Å². The molecule has 2 nitrogen and oxygen atoms in total. The number of ether oxygens (including phenoxy) is 1. The molecule has 0 saturated heterocycles. The van der Waals surface area contributed by atoms with Crippen molar-refractivity contribution >= 4 is 0 Å². The molecule has 0 amide bonds. The number of hydrogen-bond acceptors (Lipinski definition) is 2. The highest BCUT2D eigenvalue weighted by molar-refractivity contribution is 4.81. The molecule has 0 aromatic rings. The van der Waals surface area contributed by atoms with Crippen LogP contribution in [0, 0.1) is 11.3 Å². The van der Waals surface area contributed by atoms with Crippen LogP contribution in [-0.4, -0.2) is 13.2 Å². The molecular formula is C17H31NO. The summed E-state index contributed by atoms with van der Waals surface area (Å²) >= 11 is 0. The summed E-state index contributed by atoms with van der Waals surface area (Å²) in [4.78, 5) is 0. The van der Waals surface area contributed by atoms with Crippen molar-refractivity contribution in [3.8, 4) is 6.07 Å². The summed E-state index contributed by atoms with van der Waals surface area (Å²) in [6, 6.07) is 2.07. The molecule has 0 unspecified atom stereocenters. The molecule has 0 radical (unpaired) electrons. The topological polar surface area (TPSA) is 33.0 Å². The van der Waals surface area contributed by atoms with E-state index in [9.17, 15) is 0 Å². The van der Waals surface area contributed by atoms with E-state index in [1.54, 1.807) is 0 Å². The maximum Gasteiger partial charge on any atom is 0.0647 e. The Labute approximate surface area is 119 Å². The van der Waals surface area contributed by atoms with Crippen molar-refractivity contribution in [2.24, 2.45) is 0 Å². The fraction of sp³-hybridized carbons (Fsp3) is 0.824. The summed E-state index contributed by atoms with van der Waals surface area (Å²) in [6.45, 7) is 3.47. The van der Waals surface area contributed by atoms with Gasteiger partial charge in [0.2, 0.25) is 0 Å². The second-order valence-electron chi connectivity index (χ2n) is 5.07. The predicted octanol–water partition coefficient (Wildman–Crippen LogP) is 5.39. The highest BCUT2D eigenvalue weighted by Gasteiger charge is 1.91. The quantitative estimate of drug-likeness (QED) is 0.311. The molecule has 19 heavy (non-hydrogen) atoms. The zero-order chi connectivity index (χ0) is 14.0. The van der Waals surface area contributed by atoms with Crippen LogP contribution in [0.15, 0.2) is 12.2 Å². The highest BCUT2D eigenvalue weighted by atomic mass is 16.5. The van der Waals surface area contributed by atoms with Crippen molar-refractivity contribution in [1.29, 1.82) is 5.26 Å². The standard InChI is InChI=1S/C17H31NO/c1-2-3-4-5-6-7-8-9-10-11-12-13-16-19-17-14-15-18/h12-13H,2-11,14,16-17H2,1H3/b13-12+. The van der Waals surface area contributed by atoms with Crippen LogP contribution < -0.4 is 0 Å². The van der Waals surface area contributed by atoms with Crippen molar-refractivity contribution in [3.63, 3.8) is 0 Å². The number of allylic oxidation sites excluding steroid dienone is 1. The van der Waals surface area contributed by atoms with E-state index in [4.69, 9.17) is 10.00 Å². The van der Waals surface area contributed by atoms with E-state index in [-0.39, 0.29) is 0 Å². The third kappa shape index (κ3) is 17.2. The number of hydrogen-bond donors (Lipinski definition) is 0. The first-order chi connectivity index (χ1) is 9.41. The molecule has 0 bridgehead atoms. The molecule has 0 aliphatic rings. The van der Waals surface area contributed by atoms with Crippen molar-refractivity contribution in [3.05, 3.63) is 12.2 Å². The van der Waals surface area contributed by atoms with E-state index in [1.807, 2.05) is 0 Å². The van der Waals surface area contributed by atoms with E-state index in [1.165, 1.54) is 57.8 Å². The first-order valence-corrected chi connectivity index (χ1v) is 8.01. The van der Waals surface area contributed by atoms with Crippen LogP contribution in [-0.2, 0) is 4.74 Å². The lowest BCUT2D eigenvalue weighted by Crippen LogP contribution is -1.92.